The number of nitrogens with zero attached hydrogens (tertiary/aromatic N) is 3. The second-order valence-corrected chi connectivity index (χ2v) is 7.50. The van der Waals surface area contributed by atoms with Gasteiger partial charge in [-0.05, 0) is 62.3 Å². The van der Waals surface area contributed by atoms with Crippen LogP contribution in [0, 0.1) is 11.7 Å². The van der Waals surface area contributed by atoms with E-state index in [1.807, 2.05) is 22.6 Å². The maximum absolute atomic E-state index is 13.3. The summed E-state index contributed by atoms with van der Waals surface area (Å²) in [5.41, 5.74) is 2.64. The Bertz CT molecular complexity index is 751. The van der Waals surface area contributed by atoms with E-state index < -0.39 is 0 Å². The molecular formula is C21H28FN3O. The van der Waals surface area contributed by atoms with Crippen molar-refractivity contribution in [2.75, 3.05) is 6.54 Å². The maximum Gasteiger partial charge on any atom is 0.272 e. The third-order valence-corrected chi connectivity index (χ3v) is 4.99. The summed E-state index contributed by atoms with van der Waals surface area (Å²) < 4.78 is 15.1. The van der Waals surface area contributed by atoms with Crippen molar-refractivity contribution < 1.29 is 9.18 Å². The van der Waals surface area contributed by atoms with Gasteiger partial charge in [0.2, 0.25) is 0 Å². The number of rotatable bonds is 5. The van der Waals surface area contributed by atoms with Crippen LogP contribution in [-0.4, -0.2) is 27.1 Å². The van der Waals surface area contributed by atoms with Crippen LogP contribution in [0.1, 0.15) is 67.8 Å². The van der Waals surface area contributed by atoms with Crippen LogP contribution in [-0.2, 0) is 13.0 Å². The molecule has 26 heavy (non-hydrogen) atoms. The van der Waals surface area contributed by atoms with Crippen LogP contribution in [0.25, 0.3) is 0 Å². The first-order valence-corrected chi connectivity index (χ1v) is 9.62. The molecule has 140 valence electrons. The summed E-state index contributed by atoms with van der Waals surface area (Å²) >= 11 is 0. The molecule has 1 aromatic heterocycles. The summed E-state index contributed by atoms with van der Waals surface area (Å²) in [6, 6.07) is 8.50. The van der Waals surface area contributed by atoms with Gasteiger partial charge in [0.05, 0.1) is 11.7 Å². The fraction of sp³-hybridized carbons (Fsp3) is 0.524. The number of amides is 1. The maximum atomic E-state index is 13.3. The lowest BCUT2D eigenvalue weighted by Gasteiger charge is -2.36. The van der Waals surface area contributed by atoms with E-state index in [1.165, 1.54) is 12.1 Å². The number of hydrogen-bond donors (Lipinski definition) is 0. The standard InChI is InChI=1S/C21H28FN3O/c1-4-25-20(14-18(23-25)13-15(2)3)21(26)24-12-6-5-7-19(24)16-8-10-17(22)11-9-16/h8-11,14-15,19H,4-7,12-13H2,1-3H3/t19-/m0/s1. The molecule has 1 saturated heterocycles. The summed E-state index contributed by atoms with van der Waals surface area (Å²) in [5.74, 6) is 0.285. The Hall–Kier alpha value is -2.17. The van der Waals surface area contributed by atoms with Gasteiger partial charge in [-0.15, -0.1) is 0 Å². The van der Waals surface area contributed by atoms with Gasteiger partial charge < -0.3 is 4.90 Å². The largest absolute Gasteiger partial charge is 0.330 e. The molecule has 1 aliphatic rings. The summed E-state index contributed by atoms with van der Waals surface area (Å²) in [5, 5.41) is 4.61. The average Bonchev–Trinajstić information content (AvgIpc) is 3.04. The molecule has 2 aromatic rings. The fourth-order valence-corrected chi connectivity index (χ4v) is 3.75. The molecule has 0 N–H and O–H groups in total. The van der Waals surface area contributed by atoms with Crippen LogP contribution in [0.15, 0.2) is 30.3 Å². The third kappa shape index (κ3) is 3.97. The zero-order valence-electron chi connectivity index (χ0n) is 15.9. The zero-order chi connectivity index (χ0) is 18.7. The number of carbonyl (C=O) groups is 1. The fourth-order valence-electron chi connectivity index (χ4n) is 3.75. The lowest BCUT2D eigenvalue weighted by molar-refractivity contribution is 0.0598. The van der Waals surface area contributed by atoms with Crippen molar-refractivity contribution >= 4 is 5.91 Å². The number of hydrogen-bond acceptors (Lipinski definition) is 2. The van der Waals surface area contributed by atoms with Crippen LogP contribution in [0.3, 0.4) is 0 Å². The van der Waals surface area contributed by atoms with E-state index in [0.29, 0.717) is 18.2 Å². The van der Waals surface area contributed by atoms with Crippen molar-refractivity contribution in [1.29, 1.82) is 0 Å². The Morgan fingerprint density at radius 2 is 2.00 bits per heavy atom. The second-order valence-electron chi connectivity index (χ2n) is 7.50. The number of benzene rings is 1. The Morgan fingerprint density at radius 3 is 2.65 bits per heavy atom. The van der Waals surface area contributed by atoms with E-state index in [1.54, 1.807) is 12.1 Å². The minimum atomic E-state index is -0.246. The van der Waals surface area contributed by atoms with E-state index in [0.717, 1.165) is 43.5 Å². The zero-order valence-corrected chi connectivity index (χ0v) is 15.9. The van der Waals surface area contributed by atoms with E-state index in [4.69, 9.17) is 0 Å². The molecule has 2 heterocycles. The average molecular weight is 357 g/mol. The first-order chi connectivity index (χ1) is 12.5. The van der Waals surface area contributed by atoms with Gasteiger partial charge in [0, 0.05) is 13.1 Å². The molecule has 0 aliphatic carbocycles. The summed E-state index contributed by atoms with van der Waals surface area (Å²) in [4.78, 5) is 15.3. The third-order valence-electron chi connectivity index (χ3n) is 4.99. The predicted molar refractivity (Wildman–Crippen MR) is 100 cm³/mol. The molecule has 1 atom stereocenters. The predicted octanol–water partition coefficient (Wildman–Crippen LogP) is 4.61. The van der Waals surface area contributed by atoms with Crippen LogP contribution < -0.4 is 0 Å². The van der Waals surface area contributed by atoms with E-state index >= 15 is 0 Å². The van der Waals surface area contributed by atoms with Gasteiger partial charge in [0.25, 0.3) is 5.91 Å². The molecular weight excluding hydrogens is 329 g/mol. The Kier molecular flexibility index (Phi) is 5.74. The molecule has 0 unspecified atom stereocenters. The van der Waals surface area contributed by atoms with E-state index in [9.17, 15) is 9.18 Å². The van der Waals surface area contributed by atoms with Gasteiger partial charge in [-0.25, -0.2) is 4.39 Å². The van der Waals surface area contributed by atoms with Gasteiger partial charge in [-0.2, -0.15) is 5.10 Å². The number of halogens is 1. The van der Waals surface area contributed by atoms with Gasteiger partial charge in [0.15, 0.2) is 0 Å². The van der Waals surface area contributed by atoms with Crippen LogP contribution in [0.4, 0.5) is 4.39 Å². The molecule has 3 rings (SSSR count). The molecule has 4 nitrogen and oxygen atoms in total. The molecule has 5 heteroatoms. The first-order valence-electron chi connectivity index (χ1n) is 9.62. The van der Waals surface area contributed by atoms with Crippen molar-refractivity contribution in [3.63, 3.8) is 0 Å². The first kappa shape index (κ1) is 18.6. The number of carbonyl (C=O) groups excluding carboxylic acids is 1. The molecule has 1 amide bonds. The topological polar surface area (TPSA) is 38.1 Å². The molecule has 1 aliphatic heterocycles. The highest BCUT2D eigenvalue weighted by atomic mass is 19.1. The Labute approximate surface area is 155 Å². The molecule has 0 radical (unpaired) electrons. The quantitative estimate of drug-likeness (QED) is 0.784. The van der Waals surface area contributed by atoms with Gasteiger partial charge in [-0.1, -0.05) is 26.0 Å². The van der Waals surface area contributed by atoms with Crippen molar-refractivity contribution in [1.82, 2.24) is 14.7 Å². The number of piperidine rings is 1. The number of aromatic nitrogens is 2. The van der Waals surface area contributed by atoms with Crippen molar-refractivity contribution in [3.05, 3.63) is 53.1 Å². The summed E-state index contributed by atoms with van der Waals surface area (Å²) in [7, 11) is 0. The highest BCUT2D eigenvalue weighted by molar-refractivity contribution is 5.93. The second kappa shape index (κ2) is 8.02. The number of aryl methyl sites for hydroxylation is 1. The number of likely N-dealkylation sites (tertiary alicyclic amines) is 1. The molecule has 0 saturated carbocycles. The lowest BCUT2D eigenvalue weighted by Crippen LogP contribution is -2.39. The minimum absolute atomic E-state index is 0.00519. The van der Waals surface area contributed by atoms with Crippen molar-refractivity contribution in [2.45, 2.75) is 59.0 Å². The molecule has 1 aromatic carbocycles. The summed E-state index contributed by atoms with van der Waals surface area (Å²) in [6.07, 6.45) is 3.87. The monoisotopic (exact) mass is 357 g/mol. The molecule has 1 fully saturated rings. The van der Waals surface area contributed by atoms with Gasteiger partial charge in [-0.3, -0.25) is 9.48 Å². The van der Waals surface area contributed by atoms with Gasteiger partial charge in [0.1, 0.15) is 11.5 Å². The van der Waals surface area contributed by atoms with Crippen molar-refractivity contribution in [2.24, 2.45) is 5.92 Å². The Balaban J connectivity index is 1.89. The van der Waals surface area contributed by atoms with Gasteiger partial charge >= 0.3 is 0 Å². The van der Waals surface area contributed by atoms with Crippen LogP contribution >= 0.6 is 0 Å². The Morgan fingerprint density at radius 1 is 1.27 bits per heavy atom. The normalized spacial score (nSPS) is 17.7. The molecule has 0 bridgehead atoms. The smallest absolute Gasteiger partial charge is 0.272 e. The molecule has 0 spiro atoms. The van der Waals surface area contributed by atoms with E-state index in [2.05, 4.69) is 18.9 Å². The highest BCUT2D eigenvalue weighted by Gasteiger charge is 2.30. The highest BCUT2D eigenvalue weighted by Crippen LogP contribution is 2.32. The summed E-state index contributed by atoms with van der Waals surface area (Å²) in [6.45, 7) is 7.73. The van der Waals surface area contributed by atoms with Crippen LogP contribution in [0.5, 0.6) is 0 Å². The lowest BCUT2D eigenvalue weighted by atomic mass is 9.95. The van der Waals surface area contributed by atoms with Crippen molar-refractivity contribution in [3.8, 4) is 0 Å². The SMILES string of the molecule is CCn1nc(CC(C)C)cc1C(=O)N1CCCC[C@H]1c1ccc(F)cc1. The van der Waals surface area contributed by atoms with Crippen LogP contribution in [0.2, 0.25) is 0 Å². The minimum Gasteiger partial charge on any atom is -0.330 e. The van der Waals surface area contributed by atoms with E-state index in [-0.39, 0.29) is 17.8 Å².